The van der Waals surface area contributed by atoms with Gasteiger partial charge in [0.05, 0.1) is 37.9 Å². The molecular formula is C23H29N3O6. The number of nitrogens with one attached hydrogen (secondary N) is 1. The molecule has 0 bridgehead atoms. The Kier molecular flexibility index (Phi) is 8.02. The Hall–Kier alpha value is -3.17. The van der Waals surface area contributed by atoms with E-state index < -0.39 is 4.92 Å². The Morgan fingerprint density at radius 2 is 1.97 bits per heavy atom. The molecule has 1 atom stereocenters. The maximum atomic E-state index is 12.8. The van der Waals surface area contributed by atoms with Gasteiger partial charge in [0.2, 0.25) is 0 Å². The van der Waals surface area contributed by atoms with Crippen molar-refractivity contribution >= 4 is 11.6 Å². The van der Waals surface area contributed by atoms with Gasteiger partial charge in [-0.25, -0.2) is 0 Å². The van der Waals surface area contributed by atoms with Gasteiger partial charge >= 0.3 is 0 Å². The van der Waals surface area contributed by atoms with Crippen LogP contribution in [0.4, 0.5) is 5.69 Å². The number of nitro groups is 1. The zero-order valence-electron chi connectivity index (χ0n) is 18.6. The third-order valence-corrected chi connectivity index (χ3v) is 5.48. The molecule has 0 unspecified atom stereocenters. The van der Waals surface area contributed by atoms with Crippen molar-refractivity contribution < 1.29 is 23.9 Å². The molecule has 32 heavy (non-hydrogen) atoms. The van der Waals surface area contributed by atoms with E-state index in [2.05, 4.69) is 10.2 Å². The van der Waals surface area contributed by atoms with Crippen molar-refractivity contribution in [2.75, 3.05) is 46.6 Å². The molecule has 0 radical (unpaired) electrons. The minimum absolute atomic E-state index is 0.0707. The fourth-order valence-electron chi connectivity index (χ4n) is 3.75. The molecule has 0 aliphatic carbocycles. The largest absolute Gasteiger partial charge is 0.493 e. The Labute approximate surface area is 187 Å². The predicted octanol–water partition coefficient (Wildman–Crippen LogP) is 3.11. The summed E-state index contributed by atoms with van der Waals surface area (Å²) in [5, 5.41) is 14.2. The molecule has 0 aromatic heterocycles. The van der Waals surface area contributed by atoms with Crippen LogP contribution in [-0.2, 0) is 4.74 Å². The van der Waals surface area contributed by atoms with E-state index in [4.69, 9.17) is 14.2 Å². The molecule has 1 N–H and O–H groups in total. The molecular weight excluding hydrogens is 414 g/mol. The van der Waals surface area contributed by atoms with Gasteiger partial charge in [-0.3, -0.25) is 19.8 Å². The number of benzene rings is 2. The van der Waals surface area contributed by atoms with E-state index in [-0.39, 0.29) is 23.2 Å². The molecule has 9 heteroatoms. The first-order valence-electron chi connectivity index (χ1n) is 10.6. The molecule has 172 valence electrons. The average molecular weight is 444 g/mol. The van der Waals surface area contributed by atoms with E-state index in [9.17, 15) is 14.9 Å². The first-order chi connectivity index (χ1) is 15.4. The van der Waals surface area contributed by atoms with Crippen molar-refractivity contribution in [2.45, 2.75) is 19.9 Å². The molecule has 1 fully saturated rings. The van der Waals surface area contributed by atoms with Crippen molar-refractivity contribution in [3.05, 3.63) is 63.2 Å². The van der Waals surface area contributed by atoms with Gasteiger partial charge < -0.3 is 19.5 Å². The van der Waals surface area contributed by atoms with Crippen LogP contribution in [0.2, 0.25) is 0 Å². The fraction of sp³-hybridized carbons (Fsp3) is 0.435. The third kappa shape index (κ3) is 5.54. The summed E-state index contributed by atoms with van der Waals surface area (Å²) in [6.07, 6.45) is 0. The van der Waals surface area contributed by atoms with Crippen LogP contribution in [0.25, 0.3) is 0 Å². The van der Waals surface area contributed by atoms with Crippen LogP contribution < -0.4 is 14.8 Å². The van der Waals surface area contributed by atoms with Gasteiger partial charge in [0, 0.05) is 36.8 Å². The van der Waals surface area contributed by atoms with Gasteiger partial charge in [0.15, 0.2) is 11.5 Å². The lowest BCUT2D eigenvalue weighted by molar-refractivity contribution is -0.385. The number of rotatable bonds is 9. The van der Waals surface area contributed by atoms with E-state index in [1.54, 1.807) is 26.2 Å². The Morgan fingerprint density at radius 3 is 2.62 bits per heavy atom. The summed E-state index contributed by atoms with van der Waals surface area (Å²) in [7, 11) is 1.59. The molecule has 1 saturated heterocycles. The number of ether oxygens (including phenoxy) is 3. The molecule has 0 saturated carbocycles. The second kappa shape index (κ2) is 10.9. The lowest BCUT2D eigenvalue weighted by atomic mass is 10.0. The SMILES string of the molecule is CCOc1ccc([C@@H](CNC(=O)c2ccc(C)c([N+](=O)[O-])c2)N2CCOCC2)cc1OC. The molecule has 1 amide bonds. The highest BCUT2D eigenvalue weighted by molar-refractivity contribution is 5.95. The quantitative estimate of drug-likeness (QED) is 0.469. The van der Waals surface area contributed by atoms with Crippen molar-refractivity contribution in [1.82, 2.24) is 10.2 Å². The Bertz CT molecular complexity index is 959. The standard InChI is InChI=1S/C23H29N3O6/c1-4-32-21-8-7-17(14-22(21)30-3)20(25-9-11-31-12-10-25)15-24-23(27)18-6-5-16(2)19(13-18)26(28)29/h5-8,13-14,20H,4,9-12,15H2,1-3H3,(H,24,27)/t20-/m1/s1. The highest BCUT2D eigenvalue weighted by Gasteiger charge is 2.25. The zero-order valence-corrected chi connectivity index (χ0v) is 18.6. The highest BCUT2D eigenvalue weighted by Crippen LogP contribution is 2.32. The summed E-state index contributed by atoms with van der Waals surface area (Å²) >= 11 is 0. The molecule has 0 spiro atoms. The smallest absolute Gasteiger partial charge is 0.273 e. The summed E-state index contributed by atoms with van der Waals surface area (Å²) < 4.78 is 16.6. The number of carbonyl (C=O) groups is 1. The lowest BCUT2D eigenvalue weighted by Crippen LogP contribution is -2.43. The first kappa shape index (κ1) is 23.5. The van der Waals surface area contributed by atoms with Gasteiger partial charge in [0.25, 0.3) is 11.6 Å². The van der Waals surface area contributed by atoms with Crippen LogP contribution in [0.3, 0.4) is 0 Å². The maximum Gasteiger partial charge on any atom is 0.273 e. The molecule has 1 heterocycles. The van der Waals surface area contributed by atoms with E-state index in [0.29, 0.717) is 43.4 Å². The van der Waals surface area contributed by atoms with Crippen LogP contribution in [0.1, 0.15) is 34.5 Å². The minimum Gasteiger partial charge on any atom is -0.493 e. The number of carbonyl (C=O) groups excluding carboxylic acids is 1. The van der Waals surface area contributed by atoms with E-state index in [1.165, 1.54) is 6.07 Å². The van der Waals surface area contributed by atoms with Gasteiger partial charge in [0.1, 0.15) is 0 Å². The molecule has 2 aromatic rings. The van der Waals surface area contributed by atoms with Crippen LogP contribution in [-0.4, -0.2) is 62.3 Å². The number of aryl methyl sites for hydroxylation is 1. The summed E-state index contributed by atoms with van der Waals surface area (Å²) in [4.78, 5) is 25.8. The highest BCUT2D eigenvalue weighted by atomic mass is 16.6. The maximum absolute atomic E-state index is 12.8. The number of hydrogen-bond donors (Lipinski definition) is 1. The van der Waals surface area contributed by atoms with Crippen LogP contribution in [0, 0.1) is 17.0 Å². The topological polar surface area (TPSA) is 103 Å². The van der Waals surface area contributed by atoms with Gasteiger partial charge in [-0.2, -0.15) is 0 Å². The predicted molar refractivity (Wildman–Crippen MR) is 119 cm³/mol. The summed E-state index contributed by atoms with van der Waals surface area (Å²) in [5.74, 6) is 0.933. The van der Waals surface area contributed by atoms with Crippen molar-refractivity contribution in [2.24, 2.45) is 0 Å². The zero-order chi connectivity index (χ0) is 23.1. The molecule has 3 rings (SSSR count). The van der Waals surface area contributed by atoms with Crippen LogP contribution in [0.15, 0.2) is 36.4 Å². The number of morpholine rings is 1. The second-order valence-corrected chi connectivity index (χ2v) is 7.48. The number of nitrogens with zero attached hydrogens (tertiary/aromatic N) is 2. The summed E-state index contributed by atoms with van der Waals surface area (Å²) in [5.41, 5.74) is 1.67. The van der Waals surface area contributed by atoms with E-state index in [0.717, 1.165) is 18.7 Å². The average Bonchev–Trinajstić information content (AvgIpc) is 2.80. The molecule has 1 aliphatic rings. The molecule has 2 aromatic carbocycles. The van der Waals surface area contributed by atoms with Gasteiger partial charge in [-0.15, -0.1) is 0 Å². The van der Waals surface area contributed by atoms with Crippen LogP contribution in [0.5, 0.6) is 11.5 Å². The second-order valence-electron chi connectivity index (χ2n) is 7.48. The van der Waals surface area contributed by atoms with Gasteiger partial charge in [-0.05, 0) is 37.6 Å². The number of hydrogen-bond acceptors (Lipinski definition) is 7. The summed E-state index contributed by atoms with van der Waals surface area (Å²) in [6, 6.07) is 10.1. The monoisotopic (exact) mass is 443 g/mol. The number of methoxy groups -OCH3 is 1. The lowest BCUT2D eigenvalue weighted by Gasteiger charge is -2.35. The molecule has 9 nitrogen and oxygen atoms in total. The third-order valence-electron chi connectivity index (χ3n) is 5.48. The van der Waals surface area contributed by atoms with Crippen molar-refractivity contribution in [3.8, 4) is 11.5 Å². The first-order valence-corrected chi connectivity index (χ1v) is 10.6. The number of amides is 1. The van der Waals surface area contributed by atoms with Crippen molar-refractivity contribution in [3.63, 3.8) is 0 Å². The fourth-order valence-corrected chi connectivity index (χ4v) is 3.75. The van der Waals surface area contributed by atoms with E-state index >= 15 is 0 Å². The normalized spacial score (nSPS) is 15.1. The van der Waals surface area contributed by atoms with Crippen LogP contribution >= 0.6 is 0 Å². The van der Waals surface area contributed by atoms with E-state index in [1.807, 2.05) is 25.1 Å². The molecule has 1 aliphatic heterocycles. The van der Waals surface area contributed by atoms with Crippen molar-refractivity contribution in [1.29, 1.82) is 0 Å². The summed E-state index contributed by atoms with van der Waals surface area (Å²) in [6.45, 7) is 7.10. The Morgan fingerprint density at radius 1 is 1.22 bits per heavy atom. The minimum atomic E-state index is -0.477. The number of nitro benzene ring substituents is 1. The Balaban J connectivity index is 1.82. The van der Waals surface area contributed by atoms with Gasteiger partial charge in [-0.1, -0.05) is 12.1 Å².